The average molecular weight is 292 g/mol. The van der Waals surface area contributed by atoms with Gasteiger partial charge in [-0.15, -0.1) is 0 Å². The van der Waals surface area contributed by atoms with Crippen LogP contribution in [0.5, 0.6) is 0 Å². The SMILES string of the molecule is CC(C)c1nc(NC(C)c2n[nH]c(=O)[nH]2)nc(N(C)C)n1. The molecule has 0 fully saturated rings. The van der Waals surface area contributed by atoms with Gasteiger partial charge in [-0.3, -0.25) is 4.98 Å². The van der Waals surface area contributed by atoms with Crippen molar-refractivity contribution >= 4 is 11.9 Å². The van der Waals surface area contributed by atoms with Gasteiger partial charge in [0.2, 0.25) is 11.9 Å². The Balaban J connectivity index is 2.28. The molecule has 2 aromatic heterocycles. The van der Waals surface area contributed by atoms with Gasteiger partial charge < -0.3 is 10.2 Å². The van der Waals surface area contributed by atoms with Crippen LogP contribution in [0.25, 0.3) is 0 Å². The van der Waals surface area contributed by atoms with Crippen molar-refractivity contribution in [3.63, 3.8) is 0 Å². The molecule has 0 aliphatic rings. The summed E-state index contributed by atoms with van der Waals surface area (Å²) < 4.78 is 0. The number of nitrogens with zero attached hydrogens (tertiary/aromatic N) is 5. The van der Waals surface area contributed by atoms with Crippen LogP contribution in [-0.2, 0) is 0 Å². The fourth-order valence-corrected chi connectivity index (χ4v) is 1.65. The Bertz CT molecular complexity index is 633. The number of nitrogens with one attached hydrogen (secondary N) is 3. The second-order valence-electron chi connectivity index (χ2n) is 5.30. The Hall–Kier alpha value is -2.45. The molecule has 0 saturated carbocycles. The quantitative estimate of drug-likeness (QED) is 0.740. The van der Waals surface area contributed by atoms with E-state index in [1.807, 2.05) is 39.8 Å². The molecule has 21 heavy (non-hydrogen) atoms. The van der Waals surface area contributed by atoms with Crippen LogP contribution in [0.4, 0.5) is 11.9 Å². The molecule has 9 nitrogen and oxygen atoms in total. The highest BCUT2D eigenvalue weighted by atomic mass is 16.1. The van der Waals surface area contributed by atoms with E-state index in [0.29, 0.717) is 23.5 Å². The molecule has 114 valence electrons. The van der Waals surface area contributed by atoms with E-state index in [4.69, 9.17) is 0 Å². The highest BCUT2D eigenvalue weighted by molar-refractivity contribution is 5.37. The first-order chi connectivity index (χ1) is 9.86. The second kappa shape index (κ2) is 5.90. The van der Waals surface area contributed by atoms with E-state index in [9.17, 15) is 4.79 Å². The van der Waals surface area contributed by atoms with Gasteiger partial charge in [0.1, 0.15) is 5.82 Å². The van der Waals surface area contributed by atoms with Gasteiger partial charge in [0, 0.05) is 20.0 Å². The number of hydrogen-bond acceptors (Lipinski definition) is 7. The molecule has 9 heteroatoms. The van der Waals surface area contributed by atoms with Crippen molar-refractivity contribution in [2.75, 3.05) is 24.3 Å². The summed E-state index contributed by atoms with van der Waals surface area (Å²) in [5.74, 6) is 2.43. The molecular weight excluding hydrogens is 272 g/mol. The molecule has 0 radical (unpaired) electrons. The smallest absolute Gasteiger partial charge is 0.340 e. The predicted octanol–water partition coefficient (Wildman–Crippen LogP) is 0.645. The van der Waals surface area contributed by atoms with E-state index in [1.165, 1.54) is 0 Å². The van der Waals surface area contributed by atoms with Crippen molar-refractivity contribution in [2.24, 2.45) is 0 Å². The van der Waals surface area contributed by atoms with Crippen LogP contribution in [0.3, 0.4) is 0 Å². The van der Waals surface area contributed by atoms with Crippen LogP contribution in [0.1, 0.15) is 44.4 Å². The number of rotatable bonds is 5. The summed E-state index contributed by atoms with van der Waals surface area (Å²) in [4.78, 5) is 28.7. The number of aromatic amines is 2. The Labute approximate surface area is 122 Å². The summed E-state index contributed by atoms with van der Waals surface area (Å²) in [6, 6.07) is -0.235. The molecule has 0 amide bonds. The van der Waals surface area contributed by atoms with Crippen LogP contribution in [-0.4, -0.2) is 44.2 Å². The van der Waals surface area contributed by atoms with Crippen molar-refractivity contribution in [3.8, 4) is 0 Å². The maximum Gasteiger partial charge on any atom is 0.340 e. The summed E-state index contributed by atoms with van der Waals surface area (Å²) in [6.45, 7) is 5.90. The molecule has 1 unspecified atom stereocenters. The standard InChI is InChI=1S/C12H20N8O/c1-6(2)8-14-10(17-11(15-8)20(4)5)13-7(3)9-16-12(21)19-18-9/h6-7H,1-5H3,(H,13,14,15,17)(H2,16,18,19,21). The predicted molar refractivity (Wildman–Crippen MR) is 79.5 cm³/mol. The Morgan fingerprint density at radius 3 is 2.38 bits per heavy atom. The first-order valence-electron chi connectivity index (χ1n) is 6.71. The minimum absolute atomic E-state index is 0.188. The number of aromatic nitrogens is 6. The van der Waals surface area contributed by atoms with Gasteiger partial charge in [0.15, 0.2) is 5.82 Å². The molecule has 1 atom stereocenters. The zero-order valence-corrected chi connectivity index (χ0v) is 12.8. The zero-order chi connectivity index (χ0) is 15.6. The Kier molecular flexibility index (Phi) is 4.20. The molecule has 0 bridgehead atoms. The maximum atomic E-state index is 11.1. The van der Waals surface area contributed by atoms with Crippen LogP contribution in [0.2, 0.25) is 0 Å². The topological polar surface area (TPSA) is 115 Å². The molecule has 2 aromatic rings. The van der Waals surface area contributed by atoms with Gasteiger partial charge in [0.25, 0.3) is 0 Å². The highest BCUT2D eigenvalue weighted by Gasteiger charge is 2.15. The number of H-pyrrole nitrogens is 2. The Morgan fingerprint density at radius 1 is 1.14 bits per heavy atom. The summed E-state index contributed by atoms with van der Waals surface area (Å²) in [5.41, 5.74) is -0.342. The fraction of sp³-hybridized carbons (Fsp3) is 0.583. The van der Waals surface area contributed by atoms with Gasteiger partial charge in [-0.05, 0) is 6.92 Å². The fourth-order valence-electron chi connectivity index (χ4n) is 1.65. The first kappa shape index (κ1) is 14.9. The average Bonchev–Trinajstić information content (AvgIpc) is 2.85. The monoisotopic (exact) mass is 292 g/mol. The summed E-state index contributed by atoms with van der Waals surface area (Å²) in [6.07, 6.45) is 0. The first-order valence-corrected chi connectivity index (χ1v) is 6.71. The van der Waals surface area contributed by atoms with Crippen LogP contribution >= 0.6 is 0 Å². The van der Waals surface area contributed by atoms with Crippen molar-refractivity contribution in [1.29, 1.82) is 0 Å². The summed E-state index contributed by atoms with van der Waals surface area (Å²) >= 11 is 0. The van der Waals surface area contributed by atoms with E-state index in [1.54, 1.807) is 0 Å². The molecule has 0 aliphatic carbocycles. The molecule has 2 rings (SSSR count). The normalized spacial score (nSPS) is 12.5. The van der Waals surface area contributed by atoms with E-state index in [2.05, 4.69) is 35.5 Å². The number of anilines is 2. The third kappa shape index (κ3) is 3.56. The molecule has 0 saturated heterocycles. The minimum Gasteiger partial charge on any atom is -0.347 e. The molecule has 0 aliphatic heterocycles. The summed E-state index contributed by atoms with van der Waals surface area (Å²) in [7, 11) is 3.75. The minimum atomic E-state index is -0.342. The summed E-state index contributed by atoms with van der Waals surface area (Å²) in [5, 5.41) is 9.34. The molecule has 2 heterocycles. The van der Waals surface area contributed by atoms with Gasteiger partial charge in [0.05, 0.1) is 6.04 Å². The van der Waals surface area contributed by atoms with Crippen LogP contribution in [0, 0.1) is 0 Å². The van der Waals surface area contributed by atoms with Gasteiger partial charge in [-0.25, -0.2) is 9.89 Å². The maximum absolute atomic E-state index is 11.1. The van der Waals surface area contributed by atoms with Crippen molar-refractivity contribution in [3.05, 3.63) is 22.1 Å². The highest BCUT2D eigenvalue weighted by Crippen LogP contribution is 2.17. The van der Waals surface area contributed by atoms with Gasteiger partial charge >= 0.3 is 5.69 Å². The third-order valence-electron chi connectivity index (χ3n) is 2.83. The zero-order valence-electron chi connectivity index (χ0n) is 12.8. The van der Waals surface area contributed by atoms with E-state index >= 15 is 0 Å². The van der Waals surface area contributed by atoms with E-state index < -0.39 is 0 Å². The number of hydrogen-bond donors (Lipinski definition) is 3. The van der Waals surface area contributed by atoms with E-state index in [0.717, 1.165) is 0 Å². The van der Waals surface area contributed by atoms with Crippen molar-refractivity contribution in [1.82, 2.24) is 30.1 Å². The molecule has 0 aromatic carbocycles. The van der Waals surface area contributed by atoms with Crippen molar-refractivity contribution in [2.45, 2.75) is 32.7 Å². The van der Waals surface area contributed by atoms with Crippen molar-refractivity contribution < 1.29 is 0 Å². The lowest BCUT2D eigenvalue weighted by atomic mass is 10.2. The molecule has 0 spiro atoms. The largest absolute Gasteiger partial charge is 0.347 e. The lowest BCUT2D eigenvalue weighted by Gasteiger charge is -2.16. The molecule has 3 N–H and O–H groups in total. The van der Waals surface area contributed by atoms with Gasteiger partial charge in [-0.1, -0.05) is 13.8 Å². The lowest BCUT2D eigenvalue weighted by Crippen LogP contribution is -2.19. The second-order valence-corrected chi connectivity index (χ2v) is 5.30. The Morgan fingerprint density at radius 2 is 1.86 bits per heavy atom. The van der Waals surface area contributed by atoms with Crippen LogP contribution in [0.15, 0.2) is 4.79 Å². The van der Waals surface area contributed by atoms with E-state index in [-0.39, 0.29) is 17.6 Å². The van der Waals surface area contributed by atoms with Gasteiger partial charge in [-0.2, -0.15) is 20.1 Å². The molecular formula is C12H20N8O. The lowest BCUT2D eigenvalue weighted by molar-refractivity contribution is 0.735. The van der Waals surface area contributed by atoms with Crippen LogP contribution < -0.4 is 15.9 Å². The third-order valence-corrected chi connectivity index (χ3v) is 2.83.